The number of H-pyrrole nitrogens is 2. The predicted molar refractivity (Wildman–Crippen MR) is 118 cm³/mol. The first-order chi connectivity index (χ1) is 14.7. The van der Waals surface area contributed by atoms with Crippen LogP contribution in [0.15, 0.2) is 73.1 Å². The van der Waals surface area contributed by atoms with Gasteiger partial charge in [0.1, 0.15) is 5.75 Å². The summed E-state index contributed by atoms with van der Waals surface area (Å²) in [5.74, 6) is 0.619. The number of aromatic nitrogens is 3. The minimum Gasteiger partial charge on any atom is -0.496 e. The monoisotopic (exact) mass is 396 g/mol. The number of rotatable bonds is 6. The molecule has 3 aromatic carbocycles. The minimum atomic E-state index is -0.0575. The first-order valence-electron chi connectivity index (χ1n) is 9.68. The van der Waals surface area contributed by atoms with Gasteiger partial charge in [0.2, 0.25) is 0 Å². The number of benzene rings is 3. The number of carbonyl (C=O) groups excluding carboxylic acids is 1. The molecule has 0 radical (unpaired) electrons. The van der Waals surface area contributed by atoms with E-state index in [9.17, 15) is 4.79 Å². The van der Waals surface area contributed by atoms with Crippen LogP contribution in [0.4, 0.5) is 5.69 Å². The van der Waals surface area contributed by atoms with E-state index in [2.05, 4.69) is 32.6 Å². The van der Waals surface area contributed by atoms with Crippen LogP contribution >= 0.6 is 0 Å². The molecule has 0 aliphatic carbocycles. The van der Waals surface area contributed by atoms with Gasteiger partial charge in [0.25, 0.3) is 0 Å². The van der Waals surface area contributed by atoms with E-state index in [4.69, 9.17) is 4.74 Å². The second kappa shape index (κ2) is 7.40. The van der Waals surface area contributed by atoms with Crippen LogP contribution in [0.5, 0.6) is 5.75 Å². The molecule has 6 nitrogen and oxygen atoms in total. The van der Waals surface area contributed by atoms with Gasteiger partial charge in [-0.1, -0.05) is 30.3 Å². The maximum atomic E-state index is 13.4. The van der Waals surface area contributed by atoms with Crippen molar-refractivity contribution in [1.29, 1.82) is 0 Å². The lowest BCUT2D eigenvalue weighted by molar-refractivity contribution is 0.104. The fraction of sp³-hybridized carbons (Fsp3) is 0.0833. The van der Waals surface area contributed by atoms with Crippen molar-refractivity contribution in [3.05, 3.63) is 89.7 Å². The van der Waals surface area contributed by atoms with Gasteiger partial charge < -0.3 is 15.0 Å². The van der Waals surface area contributed by atoms with E-state index < -0.39 is 0 Å². The maximum absolute atomic E-state index is 13.4. The standard InChI is InChI=1S/C24H20N4O2/c1-30-22-8-4-7-20-23(22)18(14-26-20)24(29)17-5-2-3-6-19(17)25-12-15-9-10-16-13-27-28-21(16)11-15/h2-11,13-14,25-26H,12H2,1H3,(H,27,28). The Morgan fingerprint density at radius 2 is 1.93 bits per heavy atom. The van der Waals surface area contributed by atoms with Crippen molar-refractivity contribution in [2.45, 2.75) is 6.54 Å². The summed E-state index contributed by atoms with van der Waals surface area (Å²) < 4.78 is 5.48. The van der Waals surface area contributed by atoms with Gasteiger partial charge in [-0.2, -0.15) is 5.10 Å². The maximum Gasteiger partial charge on any atom is 0.197 e. The van der Waals surface area contributed by atoms with Gasteiger partial charge in [0, 0.05) is 34.9 Å². The minimum absolute atomic E-state index is 0.0575. The summed E-state index contributed by atoms with van der Waals surface area (Å²) in [5.41, 5.74) is 4.96. The van der Waals surface area contributed by atoms with Crippen molar-refractivity contribution in [3.63, 3.8) is 0 Å². The topological polar surface area (TPSA) is 82.8 Å². The molecule has 0 spiro atoms. The summed E-state index contributed by atoms with van der Waals surface area (Å²) in [7, 11) is 1.61. The lowest BCUT2D eigenvalue weighted by Gasteiger charge is -2.12. The molecule has 0 bridgehead atoms. The number of methoxy groups -OCH3 is 1. The predicted octanol–water partition coefficient (Wildman–Crippen LogP) is 4.90. The van der Waals surface area contributed by atoms with E-state index in [0.29, 0.717) is 23.4 Å². The highest BCUT2D eigenvalue weighted by atomic mass is 16.5. The van der Waals surface area contributed by atoms with Crippen molar-refractivity contribution >= 4 is 33.3 Å². The number of ether oxygens (including phenoxy) is 1. The Balaban J connectivity index is 1.46. The van der Waals surface area contributed by atoms with E-state index in [1.807, 2.05) is 48.5 Å². The Bertz CT molecular complexity index is 1370. The Morgan fingerprint density at radius 1 is 1.03 bits per heavy atom. The van der Waals surface area contributed by atoms with Crippen molar-refractivity contribution in [2.75, 3.05) is 12.4 Å². The molecule has 2 aromatic heterocycles. The average molecular weight is 396 g/mol. The largest absolute Gasteiger partial charge is 0.496 e. The van der Waals surface area contributed by atoms with Crippen LogP contribution in [0.3, 0.4) is 0 Å². The van der Waals surface area contributed by atoms with Crippen molar-refractivity contribution in [1.82, 2.24) is 15.2 Å². The van der Waals surface area contributed by atoms with Crippen LogP contribution in [0.25, 0.3) is 21.8 Å². The van der Waals surface area contributed by atoms with Crippen LogP contribution < -0.4 is 10.1 Å². The lowest BCUT2D eigenvalue weighted by Crippen LogP contribution is -2.08. The molecular formula is C24H20N4O2. The zero-order chi connectivity index (χ0) is 20.5. The molecule has 0 unspecified atom stereocenters. The Morgan fingerprint density at radius 3 is 2.83 bits per heavy atom. The van der Waals surface area contributed by atoms with Gasteiger partial charge in [-0.05, 0) is 35.9 Å². The number of carbonyl (C=O) groups is 1. The van der Waals surface area contributed by atoms with Gasteiger partial charge >= 0.3 is 0 Å². The number of hydrogen-bond acceptors (Lipinski definition) is 4. The molecule has 0 saturated heterocycles. The fourth-order valence-corrected chi connectivity index (χ4v) is 3.77. The quantitative estimate of drug-likeness (QED) is 0.357. The van der Waals surface area contributed by atoms with Gasteiger partial charge in [0.05, 0.1) is 29.8 Å². The SMILES string of the molecule is COc1cccc2[nH]cc(C(=O)c3ccccc3NCc3ccc4cn[nH]c4c3)c12. The molecule has 3 N–H and O–H groups in total. The zero-order valence-electron chi connectivity index (χ0n) is 16.4. The molecular weight excluding hydrogens is 376 g/mol. The van der Waals surface area contributed by atoms with Crippen LogP contribution in [0, 0.1) is 0 Å². The second-order valence-corrected chi connectivity index (χ2v) is 7.11. The first-order valence-corrected chi connectivity index (χ1v) is 9.68. The third-order valence-electron chi connectivity index (χ3n) is 5.29. The molecule has 148 valence electrons. The molecule has 0 amide bonds. The van der Waals surface area contributed by atoms with E-state index >= 15 is 0 Å². The number of ketones is 1. The van der Waals surface area contributed by atoms with Crippen LogP contribution in [-0.4, -0.2) is 28.1 Å². The molecule has 0 aliphatic rings. The number of hydrogen-bond donors (Lipinski definition) is 3. The van der Waals surface area contributed by atoms with E-state index in [0.717, 1.165) is 33.1 Å². The van der Waals surface area contributed by atoms with E-state index in [1.54, 1.807) is 19.5 Å². The van der Waals surface area contributed by atoms with Crippen LogP contribution in [0.1, 0.15) is 21.5 Å². The number of nitrogens with one attached hydrogen (secondary N) is 3. The second-order valence-electron chi connectivity index (χ2n) is 7.11. The lowest BCUT2D eigenvalue weighted by atomic mass is 10.0. The van der Waals surface area contributed by atoms with Gasteiger partial charge in [-0.3, -0.25) is 9.89 Å². The van der Waals surface area contributed by atoms with Gasteiger partial charge in [-0.15, -0.1) is 0 Å². The Labute approximate surface area is 172 Å². The first kappa shape index (κ1) is 18.0. The fourth-order valence-electron chi connectivity index (χ4n) is 3.77. The number of anilines is 1. The molecule has 6 heteroatoms. The highest BCUT2D eigenvalue weighted by Gasteiger charge is 2.19. The smallest absolute Gasteiger partial charge is 0.197 e. The molecule has 5 rings (SSSR count). The Kier molecular flexibility index (Phi) is 4.44. The number of para-hydroxylation sites is 1. The van der Waals surface area contributed by atoms with Crippen molar-refractivity contribution in [2.24, 2.45) is 0 Å². The molecule has 30 heavy (non-hydrogen) atoms. The molecule has 0 saturated carbocycles. The number of fused-ring (bicyclic) bond motifs is 2. The summed E-state index contributed by atoms with van der Waals surface area (Å²) in [6.45, 7) is 0.594. The van der Waals surface area contributed by atoms with Crippen LogP contribution in [-0.2, 0) is 6.54 Å². The molecule has 0 aliphatic heterocycles. The van der Waals surface area contributed by atoms with Gasteiger partial charge in [-0.25, -0.2) is 0 Å². The van der Waals surface area contributed by atoms with Crippen molar-refractivity contribution in [3.8, 4) is 5.75 Å². The van der Waals surface area contributed by atoms with E-state index in [1.165, 1.54) is 0 Å². The average Bonchev–Trinajstić information content (AvgIpc) is 3.44. The normalized spacial score (nSPS) is 11.1. The third-order valence-corrected chi connectivity index (χ3v) is 5.29. The summed E-state index contributed by atoms with van der Waals surface area (Å²) >= 11 is 0. The highest BCUT2D eigenvalue weighted by Crippen LogP contribution is 2.31. The van der Waals surface area contributed by atoms with Crippen molar-refractivity contribution < 1.29 is 9.53 Å². The summed E-state index contributed by atoms with van der Waals surface area (Å²) in [4.78, 5) is 16.6. The van der Waals surface area contributed by atoms with Gasteiger partial charge in [0.15, 0.2) is 5.78 Å². The Hall–Kier alpha value is -4.06. The van der Waals surface area contributed by atoms with Crippen LogP contribution in [0.2, 0.25) is 0 Å². The number of aromatic amines is 2. The third kappa shape index (κ3) is 3.08. The molecule has 0 fully saturated rings. The number of nitrogens with zero attached hydrogens (tertiary/aromatic N) is 1. The zero-order valence-corrected chi connectivity index (χ0v) is 16.4. The highest BCUT2D eigenvalue weighted by molar-refractivity contribution is 6.19. The summed E-state index contributed by atoms with van der Waals surface area (Å²) in [6, 6.07) is 19.4. The molecule has 5 aromatic rings. The summed E-state index contributed by atoms with van der Waals surface area (Å²) in [5, 5.41) is 12.3. The molecule has 0 atom stereocenters. The summed E-state index contributed by atoms with van der Waals surface area (Å²) in [6.07, 6.45) is 3.55. The molecule has 2 heterocycles. The van der Waals surface area contributed by atoms with E-state index in [-0.39, 0.29) is 5.78 Å².